The van der Waals surface area contributed by atoms with Crippen LogP contribution in [0.3, 0.4) is 0 Å². The van der Waals surface area contributed by atoms with Gasteiger partial charge in [0.1, 0.15) is 12.6 Å². The molecule has 1 fully saturated rings. The van der Waals surface area contributed by atoms with Crippen molar-refractivity contribution in [1.82, 2.24) is 15.5 Å². The Bertz CT molecular complexity index is 854. The van der Waals surface area contributed by atoms with Gasteiger partial charge in [0, 0.05) is 32.1 Å². The first kappa shape index (κ1) is 24.7. The number of carbonyl (C=O) groups is 2. The van der Waals surface area contributed by atoms with E-state index in [0.29, 0.717) is 32.1 Å². The van der Waals surface area contributed by atoms with Crippen molar-refractivity contribution in [3.8, 4) is 0 Å². The van der Waals surface area contributed by atoms with Gasteiger partial charge in [-0.3, -0.25) is 9.69 Å². The van der Waals surface area contributed by atoms with Gasteiger partial charge in [0.2, 0.25) is 5.91 Å². The number of hydrogen-bond acceptors (Lipinski definition) is 5. The van der Waals surface area contributed by atoms with Gasteiger partial charge in [0.05, 0.1) is 13.2 Å². The van der Waals surface area contributed by atoms with Crippen LogP contribution in [0.2, 0.25) is 0 Å². The minimum atomic E-state index is -0.729. The van der Waals surface area contributed by atoms with Crippen LogP contribution in [0.5, 0.6) is 0 Å². The molecule has 2 aromatic carbocycles. The number of amides is 2. The summed E-state index contributed by atoms with van der Waals surface area (Å²) in [5.41, 5.74) is 1.86. The minimum Gasteiger partial charge on any atom is -0.445 e. The van der Waals surface area contributed by atoms with Gasteiger partial charge in [-0.2, -0.15) is 0 Å². The molecule has 2 N–H and O–H groups in total. The van der Waals surface area contributed by atoms with Crippen LogP contribution in [0.15, 0.2) is 60.7 Å². The predicted octanol–water partition coefficient (Wildman–Crippen LogP) is 3.00. The SMILES string of the molecule is CC(C)C(CNC(=O)[C@H](Cc1ccccc1)NC(=O)OCc1ccccc1)N1CCOCC1. The summed E-state index contributed by atoms with van der Waals surface area (Å²) >= 11 is 0. The van der Waals surface area contributed by atoms with E-state index in [1.807, 2.05) is 60.7 Å². The third-order valence-electron chi connectivity index (χ3n) is 5.87. The molecule has 1 aliphatic rings. The molecule has 1 aliphatic heterocycles. The summed E-state index contributed by atoms with van der Waals surface area (Å²) in [4.78, 5) is 28.0. The van der Waals surface area contributed by atoms with Gasteiger partial charge in [0.15, 0.2) is 0 Å². The summed E-state index contributed by atoms with van der Waals surface area (Å²) < 4.78 is 10.8. The molecule has 0 spiro atoms. The van der Waals surface area contributed by atoms with Crippen molar-refractivity contribution in [1.29, 1.82) is 0 Å². The largest absolute Gasteiger partial charge is 0.445 e. The Labute approximate surface area is 196 Å². The summed E-state index contributed by atoms with van der Waals surface area (Å²) in [5.74, 6) is 0.161. The first-order chi connectivity index (χ1) is 16.0. The van der Waals surface area contributed by atoms with Crippen LogP contribution < -0.4 is 10.6 Å². The van der Waals surface area contributed by atoms with Crippen LogP contribution in [0, 0.1) is 5.92 Å². The molecule has 2 atom stereocenters. The molecule has 1 saturated heterocycles. The number of hydrogen-bond donors (Lipinski definition) is 2. The molecule has 1 unspecified atom stereocenters. The van der Waals surface area contributed by atoms with Gasteiger partial charge >= 0.3 is 6.09 Å². The van der Waals surface area contributed by atoms with Crippen molar-refractivity contribution in [2.45, 2.75) is 39.0 Å². The van der Waals surface area contributed by atoms with E-state index in [2.05, 4.69) is 29.4 Å². The first-order valence-corrected chi connectivity index (χ1v) is 11.6. The number of morpholine rings is 1. The molecule has 3 rings (SSSR count). The zero-order valence-electron chi connectivity index (χ0n) is 19.5. The Balaban J connectivity index is 1.60. The van der Waals surface area contributed by atoms with Gasteiger partial charge in [-0.1, -0.05) is 74.5 Å². The third kappa shape index (κ3) is 8.18. The quantitative estimate of drug-likeness (QED) is 0.578. The maximum absolute atomic E-state index is 13.1. The Hall–Kier alpha value is -2.90. The highest BCUT2D eigenvalue weighted by Gasteiger charge is 2.27. The van der Waals surface area contributed by atoms with Crippen molar-refractivity contribution in [2.75, 3.05) is 32.8 Å². The van der Waals surface area contributed by atoms with Gasteiger partial charge in [0.25, 0.3) is 0 Å². The molecule has 0 saturated carbocycles. The zero-order valence-corrected chi connectivity index (χ0v) is 19.5. The molecule has 0 bridgehead atoms. The second-order valence-electron chi connectivity index (χ2n) is 8.65. The normalized spacial score (nSPS) is 16.1. The van der Waals surface area contributed by atoms with Crippen LogP contribution in [-0.2, 0) is 27.3 Å². The van der Waals surface area contributed by atoms with E-state index < -0.39 is 12.1 Å². The minimum absolute atomic E-state index is 0.152. The maximum Gasteiger partial charge on any atom is 0.408 e. The van der Waals surface area contributed by atoms with E-state index in [9.17, 15) is 9.59 Å². The van der Waals surface area contributed by atoms with E-state index in [1.165, 1.54) is 0 Å². The summed E-state index contributed by atoms with van der Waals surface area (Å²) in [6, 6.07) is 18.6. The smallest absolute Gasteiger partial charge is 0.408 e. The fraction of sp³-hybridized carbons (Fsp3) is 0.462. The van der Waals surface area contributed by atoms with Crippen molar-refractivity contribution >= 4 is 12.0 Å². The molecule has 0 radical (unpaired) electrons. The Morgan fingerprint density at radius 2 is 1.58 bits per heavy atom. The Kier molecular flexibility index (Phi) is 9.72. The average molecular weight is 454 g/mol. The lowest BCUT2D eigenvalue weighted by atomic mass is 10.0. The van der Waals surface area contributed by atoms with Gasteiger partial charge in [-0.15, -0.1) is 0 Å². The lowest BCUT2D eigenvalue weighted by Crippen LogP contribution is -2.54. The van der Waals surface area contributed by atoms with Crippen LogP contribution in [0.25, 0.3) is 0 Å². The van der Waals surface area contributed by atoms with E-state index in [0.717, 1.165) is 24.2 Å². The first-order valence-electron chi connectivity index (χ1n) is 11.6. The molecule has 7 heteroatoms. The number of nitrogens with zero attached hydrogens (tertiary/aromatic N) is 1. The average Bonchev–Trinajstić information content (AvgIpc) is 2.84. The van der Waals surface area contributed by atoms with Crippen molar-refractivity contribution < 1.29 is 19.1 Å². The molecule has 33 heavy (non-hydrogen) atoms. The monoisotopic (exact) mass is 453 g/mol. The number of rotatable bonds is 10. The van der Waals surface area contributed by atoms with E-state index in [1.54, 1.807) is 0 Å². The topological polar surface area (TPSA) is 79.9 Å². The van der Waals surface area contributed by atoms with Crippen LogP contribution in [0.4, 0.5) is 4.79 Å². The molecule has 0 aromatic heterocycles. The highest BCUT2D eigenvalue weighted by molar-refractivity contribution is 5.86. The number of alkyl carbamates (subject to hydrolysis) is 1. The maximum atomic E-state index is 13.1. The predicted molar refractivity (Wildman–Crippen MR) is 128 cm³/mol. The van der Waals surface area contributed by atoms with E-state index in [-0.39, 0.29) is 18.6 Å². The fourth-order valence-corrected chi connectivity index (χ4v) is 3.99. The van der Waals surface area contributed by atoms with Crippen LogP contribution in [0.1, 0.15) is 25.0 Å². The molecular formula is C26H35N3O4. The lowest BCUT2D eigenvalue weighted by molar-refractivity contribution is -0.123. The van der Waals surface area contributed by atoms with Crippen molar-refractivity contribution in [2.24, 2.45) is 5.92 Å². The number of benzene rings is 2. The van der Waals surface area contributed by atoms with E-state index in [4.69, 9.17) is 9.47 Å². The molecule has 2 amide bonds. The Morgan fingerprint density at radius 1 is 0.970 bits per heavy atom. The summed E-state index contributed by atoms with van der Waals surface area (Å²) in [6.45, 7) is 8.12. The number of nitrogens with one attached hydrogen (secondary N) is 2. The highest BCUT2D eigenvalue weighted by Crippen LogP contribution is 2.13. The second-order valence-corrected chi connectivity index (χ2v) is 8.65. The van der Waals surface area contributed by atoms with Crippen LogP contribution >= 0.6 is 0 Å². The number of ether oxygens (including phenoxy) is 2. The van der Waals surface area contributed by atoms with Crippen LogP contribution in [-0.4, -0.2) is 61.8 Å². The molecule has 1 heterocycles. The lowest BCUT2D eigenvalue weighted by Gasteiger charge is -2.37. The summed E-state index contributed by atoms with van der Waals surface area (Å²) in [6.07, 6.45) is -0.222. The van der Waals surface area contributed by atoms with Crippen molar-refractivity contribution in [3.05, 3.63) is 71.8 Å². The standard InChI is InChI=1S/C26H35N3O4/c1-20(2)24(29-13-15-32-16-14-29)18-27-25(30)23(17-21-9-5-3-6-10-21)28-26(31)33-19-22-11-7-4-8-12-22/h3-12,20,23-24H,13-19H2,1-2H3,(H,27,30)(H,28,31)/t23-,24?/m0/s1. The zero-order chi connectivity index (χ0) is 23.5. The summed E-state index contributed by atoms with van der Waals surface area (Å²) in [5, 5.41) is 5.83. The number of carbonyl (C=O) groups excluding carboxylic acids is 2. The Morgan fingerprint density at radius 3 is 2.18 bits per heavy atom. The van der Waals surface area contributed by atoms with Gasteiger partial charge < -0.3 is 20.1 Å². The van der Waals surface area contributed by atoms with Crippen molar-refractivity contribution in [3.63, 3.8) is 0 Å². The van der Waals surface area contributed by atoms with Gasteiger partial charge in [-0.05, 0) is 17.0 Å². The molecular weight excluding hydrogens is 418 g/mol. The molecule has 7 nitrogen and oxygen atoms in total. The molecule has 0 aliphatic carbocycles. The summed E-state index contributed by atoms with van der Waals surface area (Å²) in [7, 11) is 0. The van der Waals surface area contributed by atoms with E-state index >= 15 is 0 Å². The van der Waals surface area contributed by atoms with Gasteiger partial charge in [-0.25, -0.2) is 4.79 Å². The highest BCUT2D eigenvalue weighted by atomic mass is 16.5. The second kappa shape index (κ2) is 13.0. The molecule has 178 valence electrons. The third-order valence-corrected chi connectivity index (χ3v) is 5.87. The molecule has 2 aromatic rings. The fourth-order valence-electron chi connectivity index (χ4n) is 3.99.